The van der Waals surface area contributed by atoms with Crippen LogP contribution in [-0.4, -0.2) is 8.07 Å². The van der Waals surface area contributed by atoms with Gasteiger partial charge in [-0.1, -0.05) is 191 Å². The van der Waals surface area contributed by atoms with Crippen LogP contribution in [0.5, 0.6) is 0 Å². The minimum Gasteiger partial charge on any atom is -0.358 e. The molecule has 0 amide bonds. The van der Waals surface area contributed by atoms with Crippen molar-refractivity contribution in [1.29, 1.82) is 0 Å². The summed E-state index contributed by atoms with van der Waals surface area (Å²) in [6.07, 6.45) is 10.5. The first-order chi connectivity index (χ1) is 24.4. The minimum atomic E-state index is -2.14. The molecule has 0 N–H and O–H groups in total. The minimum absolute atomic E-state index is 0. The van der Waals surface area contributed by atoms with Gasteiger partial charge in [-0.25, -0.2) is 0 Å². The predicted octanol–water partition coefficient (Wildman–Crippen LogP) is 15.0. The fraction of sp³-hybridized carbons (Fsp3) is 0.385. The van der Waals surface area contributed by atoms with Crippen LogP contribution < -0.4 is 10.4 Å². The van der Waals surface area contributed by atoms with E-state index in [9.17, 15) is 0 Å². The normalized spacial score (nSPS) is 12.0. The second kappa shape index (κ2) is 19.4. The number of benzene rings is 4. The van der Waals surface area contributed by atoms with Crippen molar-refractivity contribution >= 4 is 40.0 Å². The van der Waals surface area contributed by atoms with Crippen molar-refractivity contribution in [3.63, 3.8) is 0 Å². The van der Waals surface area contributed by atoms with Gasteiger partial charge in [-0.15, -0.1) is 68.3 Å². The monoisotopic (exact) mass is 900 g/mol. The van der Waals surface area contributed by atoms with Crippen molar-refractivity contribution in [3.8, 4) is 22.3 Å². The summed E-state index contributed by atoms with van der Waals surface area (Å²) < 4.78 is 0. The molecule has 0 heterocycles. The van der Waals surface area contributed by atoms with E-state index in [0.717, 1.165) is 0 Å². The molecule has 2 heteroatoms. The van der Waals surface area contributed by atoms with Crippen LogP contribution in [0.2, 0.25) is 12.1 Å². The van der Waals surface area contributed by atoms with Gasteiger partial charge in [0.2, 0.25) is 0 Å². The average Bonchev–Trinajstić information content (AvgIpc) is 3.76. The van der Waals surface area contributed by atoms with E-state index in [4.69, 9.17) is 0 Å². The molecule has 0 unspecified atom stereocenters. The molecule has 0 aliphatic heterocycles. The van der Waals surface area contributed by atoms with E-state index in [1.165, 1.54) is 118 Å². The summed E-state index contributed by atoms with van der Waals surface area (Å²) in [6, 6.07) is 45.8. The van der Waals surface area contributed by atoms with Crippen LogP contribution in [-0.2, 0) is 36.7 Å². The van der Waals surface area contributed by atoms with Crippen LogP contribution in [0.4, 0.5) is 0 Å². The van der Waals surface area contributed by atoms with Gasteiger partial charge in [-0.3, -0.25) is 0 Å². The van der Waals surface area contributed by atoms with Gasteiger partial charge in [0, 0.05) is 0 Å². The number of fused-ring (bicyclic) bond motifs is 2. The van der Waals surface area contributed by atoms with Gasteiger partial charge in [0.1, 0.15) is 0 Å². The second-order valence-corrected chi connectivity index (χ2v) is 21.8. The fourth-order valence-electron chi connectivity index (χ4n) is 8.41. The quantitative estimate of drug-likeness (QED) is 0.0580. The van der Waals surface area contributed by atoms with E-state index >= 15 is 0 Å². The Labute approximate surface area is 350 Å². The first kappa shape index (κ1) is 45.6. The van der Waals surface area contributed by atoms with Gasteiger partial charge in [0.05, 0.1) is 8.07 Å². The first-order valence-corrected chi connectivity index (χ1v) is 22.5. The van der Waals surface area contributed by atoms with Crippen LogP contribution in [0.25, 0.3) is 43.8 Å². The molecule has 284 valence electrons. The molecule has 54 heavy (non-hydrogen) atoms. The summed E-state index contributed by atoms with van der Waals surface area (Å²) >= 11 is 0. The average molecular weight is 900 g/mol. The van der Waals surface area contributed by atoms with Gasteiger partial charge in [0.25, 0.3) is 0 Å². The second-order valence-electron chi connectivity index (χ2n) is 17.5. The smallest absolute Gasteiger partial charge is 0.358 e. The number of rotatable bonds is 14. The van der Waals surface area contributed by atoms with Crippen LogP contribution in [0.3, 0.4) is 0 Å². The predicted molar refractivity (Wildman–Crippen MR) is 243 cm³/mol. The Balaban J connectivity index is 0.00000261. The molecular formula is C52H68HfSi. The summed E-state index contributed by atoms with van der Waals surface area (Å²) in [7, 11) is -2.14. The molecule has 0 aromatic heterocycles. The SMILES string of the molecule is CCCCCC[Si](CCCCCC)(c1cc2c(-c3cccc(C(C)(C)C)c3)cccc2[cH-]1)c1cc2c(-c3cccc(C(C)(C)C)c3)cccc2[cH-]1.[CH3-].[CH3-].[Hf+4]. The van der Waals surface area contributed by atoms with Crippen molar-refractivity contribution in [2.24, 2.45) is 0 Å². The molecule has 0 atom stereocenters. The molecule has 6 aromatic carbocycles. The van der Waals surface area contributed by atoms with E-state index in [-0.39, 0.29) is 51.5 Å². The van der Waals surface area contributed by atoms with Crippen molar-refractivity contribution in [2.45, 2.75) is 130 Å². The van der Waals surface area contributed by atoms with E-state index in [1.54, 1.807) is 10.4 Å². The van der Waals surface area contributed by atoms with Crippen molar-refractivity contribution in [1.82, 2.24) is 0 Å². The summed E-state index contributed by atoms with van der Waals surface area (Å²) in [5.74, 6) is 0. The van der Waals surface area contributed by atoms with Crippen molar-refractivity contribution < 1.29 is 25.8 Å². The van der Waals surface area contributed by atoms with E-state index in [2.05, 4.69) is 165 Å². The Hall–Kier alpha value is -2.81. The van der Waals surface area contributed by atoms with E-state index < -0.39 is 8.07 Å². The van der Waals surface area contributed by atoms with Crippen LogP contribution in [0, 0.1) is 14.9 Å². The zero-order chi connectivity index (χ0) is 36.2. The molecule has 0 nitrogen and oxygen atoms in total. The Morgan fingerprint density at radius 3 is 1.24 bits per heavy atom. The maximum absolute atomic E-state index is 2.66. The number of hydrogen-bond donors (Lipinski definition) is 0. The Kier molecular flexibility index (Phi) is 16.3. The van der Waals surface area contributed by atoms with Crippen molar-refractivity contribution in [3.05, 3.63) is 135 Å². The molecule has 0 saturated carbocycles. The maximum Gasteiger partial charge on any atom is 4.00 e. The van der Waals surface area contributed by atoms with Gasteiger partial charge < -0.3 is 14.9 Å². The summed E-state index contributed by atoms with van der Waals surface area (Å²) in [4.78, 5) is 0. The molecule has 6 aromatic rings. The Morgan fingerprint density at radius 2 is 0.870 bits per heavy atom. The van der Waals surface area contributed by atoms with Crippen LogP contribution >= 0.6 is 0 Å². The molecule has 0 radical (unpaired) electrons. The first-order valence-electron chi connectivity index (χ1n) is 20.1. The third-order valence-electron chi connectivity index (χ3n) is 11.6. The Bertz CT molecular complexity index is 1910. The number of unbranched alkanes of at least 4 members (excludes halogenated alkanes) is 6. The van der Waals surface area contributed by atoms with Crippen LogP contribution in [0.1, 0.15) is 118 Å². The van der Waals surface area contributed by atoms with E-state index in [0.29, 0.717) is 0 Å². The number of hydrogen-bond acceptors (Lipinski definition) is 0. The molecule has 0 bridgehead atoms. The molecule has 6 rings (SSSR count). The molecule has 0 aliphatic carbocycles. The molecular weight excluding hydrogens is 831 g/mol. The molecule has 0 saturated heterocycles. The standard InChI is InChI=1S/C50H62Si.2CH3.Hf/c1-9-11-13-15-29-51(30-16-14-12-10-2,43-33-39-23-19-27-45(47(39)35-43)37-21-17-25-41(31-37)49(3,4)5)44-34-40-24-20-28-46(48(40)36-44)38-22-18-26-42(32-38)50(6,7)8;;;/h17-28,31-36H,9-16,29-30H2,1-8H3;2*1H3;/q-2;2*-1;+4. The largest absolute Gasteiger partial charge is 4.00 e. The molecule has 0 fully saturated rings. The van der Waals surface area contributed by atoms with Gasteiger partial charge in [-0.2, -0.15) is 12.1 Å². The van der Waals surface area contributed by atoms with Gasteiger partial charge in [-0.05, 0) is 33.1 Å². The maximum atomic E-state index is 2.66. The zero-order valence-electron chi connectivity index (χ0n) is 35.5. The fourth-order valence-corrected chi connectivity index (χ4v) is 13.6. The van der Waals surface area contributed by atoms with E-state index in [1.807, 2.05) is 0 Å². The third kappa shape index (κ3) is 9.94. The van der Waals surface area contributed by atoms with Crippen molar-refractivity contribution in [2.75, 3.05) is 0 Å². The molecule has 0 aliphatic rings. The van der Waals surface area contributed by atoms with Gasteiger partial charge >= 0.3 is 25.8 Å². The Morgan fingerprint density at radius 1 is 0.481 bits per heavy atom. The third-order valence-corrected chi connectivity index (χ3v) is 16.8. The van der Waals surface area contributed by atoms with Crippen LogP contribution in [0.15, 0.2) is 109 Å². The van der Waals surface area contributed by atoms with Gasteiger partial charge in [0.15, 0.2) is 0 Å². The zero-order valence-corrected chi connectivity index (χ0v) is 40.1. The summed E-state index contributed by atoms with van der Waals surface area (Å²) in [5, 5.41) is 8.95. The summed E-state index contributed by atoms with van der Waals surface area (Å²) in [5.41, 5.74) is 8.45. The molecule has 0 spiro atoms. The summed E-state index contributed by atoms with van der Waals surface area (Å²) in [6.45, 7) is 18.6. The topological polar surface area (TPSA) is 0 Å².